The second-order valence-electron chi connectivity index (χ2n) is 7.54. The van der Waals surface area contributed by atoms with Crippen molar-refractivity contribution in [1.29, 1.82) is 0 Å². The Morgan fingerprint density at radius 3 is 1.79 bits per heavy atom. The van der Waals surface area contributed by atoms with E-state index >= 15 is 0 Å². The fraction of sp³-hybridized carbons (Fsp3) is 0.783. The molecular formula is C23H41NO4. The van der Waals surface area contributed by atoms with Crippen molar-refractivity contribution in [3.63, 3.8) is 0 Å². The van der Waals surface area contributed by atoms with Crippen LogP contribution >= 0.6 is 0 Å². The molecule has 0 unspecified atom stereocenters. The molecule has 0 atom stereocenters. The number of hydrogen-bond donors (Lipinski definition) is 2. The summed E-state index contributed by atoms with van der Waals surface area (Å²) < 4.78 is 0. The molecule has 0 aliphatic rings. The number of hydrogen-bond acceptors (Lipinski definition) is 3. The topological polar surface area (TPSA) is 83.5 Å². The third kappa shape index (κ3) is 20.7. The summed E-state index contributed by atoms with van der Waals surface area (Å²) in [5.41, 5.74) is 0. The minimum absolute atomic E-state index is 0.180. The molecule has 0 aromatic rings. The van der Waals surface area contributed by atoms with Crippen LogP contribution in [0.3, 0.4) is 0 Å². The zero-order chi connectivity index (χ0) is 20.9. The highest BCUT2D eigenvalue weighted by atomic mass is 16.4. The Balaban J connectivity index is 3.31. The van der Waals surface area contributed by atoms with Crippen molar-refractivity contribution >= 4 is 17.7 Å². The highest BCUT2D eigenvalue weighted by Crippen LogP contribution is 2.10. The molecule has 0 aromatic carbocycles. The Hall–Kier alpha value is -1.65. The third-order valence-corrected chi connectivity index (χ3v) is 4.76. The van der Waals surface area contributed by atoms with E-state index in [-0.39, 0.29) is 12.5 Å². The zero-order valence-electron chi connectivity index (χ0n) is 17.8. The molecule has 0 fully saturated rings. The van der Waals surface area contributed by atoms with Crippen molar-refractivity contribution in [2.75, 3.05) is 6.54 Å². The first kappa shape index (κ1) is 26.4. The van der Waals surface area contributed by atoms with E-state index in [2.05, 4.69) is 24.4 Å². The van der Waals surface area contributed by atoms with Crippen LogP contribution in [0.4, 0.5) is 0 Å². The molecule has 28 heavy (non-hydrogen) atoms. The first-order valence-electron chi connectivity index (χ1n) is 11.2. The standard InChI is InChI=1S/C23H41NO4/c1-2-3-4-14-17-21(25)18-15-12-10-8-6-5-7-9-11-13-16-19-22(26)24-20-23(27)28/h5-6H,2-4,7-20H2,1H3,(H,24,26)(H,27,28)/b6-5-. The molecule has 0 aromatic heterocycles. The van der Waals surface area contributed by atoms with E-state index in [1.165, 1.54) is 19.3 Å². The highest BCUT2D eigenvalue weighted by Gasteiger charge is 2.03. The first-order chi connectivity index (χ1) is 13.6. The number of carboxylic acids is 1. The van der Waals surface area contributed by atoms with Gasteiger partial charge in [0.25, 0.3) is 0 Å². The number of carbonyl (C=O) groups is 3. The largest absolute Gasteiger partial charge is 0.480 e. The van der Waals surface area contributed by atoms with Gasteiger partial charge in [0.15, 0.2) is 0 Å². The minimum Gasteiger partial charge on any atom is -0.480 e. The summed E-state index contributed by atoms with van der Waals surface area (Å²) in [5, 5.41) is 10.8. The van der Waals surface area contributed by atoms with E-state index in [1.807, 2.05) is 0 Å². The predicted octanol–water partition coefficient (Wildman–Crippen LogP) is 5.57. The molecule has 2 N–H and O–H groups in total. The van der Waals surface area contributed by atoms with E-state index in [0.29, 0.717) is 12.2 Å². The summed E-state index contributed by atoms with van der Waals surface area (Å²) in [4.78, 5) is 33.4. The van der Waals surface area contributed by atoms with Gasteiger partial charge in [0.05, 0.1) is 0 Å². The maximum atomic E-state index is 11.7. The molecule has 5 nitrogen and oxygen atoms in total. The molecule has 1 amide bonds. The van der Waals surface area contributed by atoms with Crippen LogP contribution in [-0.4, -0.2) is 29.3 Å². The summed E-state index contributed by atoms with van der Waals surface area (Å²) in [5.74, 6) is -0.752. The molecule has 0 aliphatic heterocycles. The lowest BCUT2D eigenvalue weighted by molar-refractivity contribution is -0.138. The van der Waals surface area contributed by atoms with Crippen LogP contribution in [0.2, 0.25) is 0 Å². The van der Waals surface area contributed by atoms with E-state index in [4.69, 9.17) is 5.11 Å². The molecule has 0 spiro atoms. The highest BCUT2D eigenvalue weighted by molar-refractivity contribution is 5.81. The van der Waals surface area contributed by atoms with Gasteiger partial charge in [-0.25, -0.2) is 0 Å². The molecule has 0 saturated heterocycles. The van der Waals surface area contributed by atoms with Crippen LogP contribution < -0.4 is 5.32 Å². The van der Waals surface area contributed by atoms with Crippen molar-refractivity contribution in [2.24, 2.45) is 0 Å². The van der Waals surface area contributed by atoms with Crippen LogP contribution in [-0.2, 0) is 14.4 Å². The number of ketones is 1. The van der Waals surface area contributed by atoms with Gasteiger partial charge in [-0.3, -0.25) is 14.4 Å². The summed E-state index contributed by atoms with van der Waals surface area (Å²) in [6.45, 7) is 1.89. The SMILES string of the molecule is CCCCCCC(=O)CCCCC/C=C\CCCCCCC(=O)NCC(=O)O. The van der Waals surface area contributed by atoms with Gasteiger partial charge in [-0.05, 0) is 44.9 Å². The Kier molecular flexibility index (Phi) is 18.9. The Morgan fingerprint density at radius 1 is 0.714 bits per heavy atom. The van der Waals surface area contributed by atoms with Gasteiger partial charge in [-0.2, -0.15) is 0 Å². The van der Waals surface area contributed by atoms with Gasteiger partial charge >= 0.3 is 5.97 Å². The lowest BCUT2D eigenvalue weighted by Gasteiger charge is -2.02. The molecule has 0 aliphatic carbocycles. The predicted molar refractivity (Wildman–Crippen MR) is 114 cm³/mol. The van der Waals surface area contributed by atoms with Gasteiger partial charge < -0.3 is 10.4 Å². The second kappa shape index (κ2) is 20.1. The lowest BCUT2D eigenvalue weighted by atomic mass is 10.0. The lowest BCUT2D eigenvalue weighted by Crippen LogP contribution is -2.28. The van der Waals surface area contributed by atoms with Crippen LogP contribution in [0, 0.1) is 0 Å². The van der Waals surface area contributed by atoms with Crippen molar-refractivity contribution in [2.45, 2.75) is 110 Å². The summed E-state index contributed by atoms with van der Waals surface area (Å²) in [7, 11) is 0. The maximum absolute atomic E-state index is 11.7. The number of aliphatic carboxylic acids is 1. The summed E-state index contributed by atoms with van der Waals surface area (Å²) >= 11 is 0. The molecular weight excluding hydrogens is 354 g/mol. The normalized spacial score (nSPS) is 11.0. The van der Waals surface area contributed by atoms with E-state index in [1.54, 1.807) is 0 Å². The molecule has 5 heteroatoms. The zero-order valence-corrected chi connectivity index (χ0v) is 17.8. The van der Waals surface area contributed by atoms with E-state index in [9.17, 15) is 14.4 Å². The second-order valence-corrected chi connectivity index (χ2v) is 7.54. The number of carbonyl (C=O) groups excluding carboxylic acids is 2. The molecule has 0 rings (SSSR count). The van der Waals surface area contributed by atoms with Gasteiger partial charge in [-0.15, -0.1) is 0 Å². The van der Waals surface area contributed by atoms with Crippen LogP contribution in [0.5, 0.6) is 0 Å². The molecule has 0 saturated carbocycles. The molecule has 0 bridgehead atoms. The van der Waals surface area contributed by atoms with Crippen molar-refractivity contribution in [1.82, 2.24) is 5.32 Å². The van der Waals surface area contributed by atoms with Crippen LogP contribution in [0.15, 0.2) is 12.2 Å². The minimum atomic E-state index is -1.01. The van der Waals surface area contributed by atoms with E-state index in [0.717, 1.165) is 77.0 Å². The van der Waals surface area contributed by atoms with Crippen molar-refractivity contribution in [3.8, 4) is 0 Å². The molecule has 0 radical (unpaired) electrons. The average Bonchev–Trinajstić information content (AvgIpc) is 2.67. The summed E-state index contributed by atoms with van der Waals surface area (Å²) in [6, 6.07) is 0. The number of amides is 1. The summed E-state index contributed by atoms with van der Waals surface area (Å²) in [6.07, 6.45) is 20.6. The number of carboxylic acid groups (broad SMARTS) is 1. The number of nitrogens with one attached hydrogen (secondary N) is 1. The first-order valence-corrected chi connectivity index (χ1v) is 11.2. The van der Waals surface area contributed by atoms with Gasteiger partial charge in [0, 0.05) is 19.3 Å². The Labute approximate surface area is 171 Å². The number of Topliss-reactive ketones (excluding diaryl/α,β-unsaturated/α-hetero) is 1. The monoisotopic (exact) mass is 395 g/mol. The molecule has 162 valence electrons. The van der Waals surface area contributed by atoms with Gasteiger partial charge in [-0.1, -0.05) is 57.6 Å². The van der Waals surface area contributed by atoms with Crippen molar-refractivity contribution in [3.05, 3.63) is 12.2 Å². The smallest absolute Gasteiger partial charge is 0.322 e. The van der Waals surface area contributed by atoms with Crippen LogP contribution in [0.1, 0.15) is 110 Å². The Morgan fingerprint density at radius 2 is 1.21 bits per heavy atom. The quantitative estimate of drug-likeness (QED) is 0.208. The fourth-order valence-electron chi connectivity index (χ4n) is 3.03. The number of allylic oxidation sites excluding steroid dienone is 2. The number of unbranched alkanes of at least 4 members (excludes halogenated alkanes) is 10. The van der Waals surface area contributed by atoms with Crippen molar-refractivity contribution < 1.29 is 19.5 Å². The van der Waals surface area contributed by atoms with Gasteiger partial charge in [0.2, 0.25) is 5.91 Å². The molecule has 0 heterocycles. The third-order valence-electron chi connectivity index (χ3n) is 4.76. The van der Waals surface area contributed by atoms with Crippen LogP contribution in [0.25, 0.3) is 0 Å². The van der Waals surface area contributed by atoms with E-state index < -0.39 is 5.97 Å². The average molecular weight is 396 g/mol. The fourth-order valence-corrected chi connectivity index (χ4v) is 3.03. The Bertz CT molecular complexity index is 446. The van der Waals surface area contributed by atoms with Gasteiger partial charge in [0.1, 0.15) is 12.3 Å². The maximum Gasteiger partial charge on any atom is 0.322 e. The number of rotatable bonds is 20.